The summed E-state index contributed by atoms with van der Waals surface area (Å²) in [6.07, 6.45) is 1.76. The largest absolute Gasteiger partial charge is 0.388 e. The third kappa shape index (κ3) is 3.82. The van der Waals surface area contributed by atoms with Gasteiger partial charge in [0.2, 0.25) is 0 Å². The molecule has 0 spiro atoms. The van der Waals surface area contributed by atoms with Gasteiger partial charge in [0.25, 0.3) is 0 Å². The van der Waals surface area contributed by atoms with Crippen LogP contribution >= 0.6 is 11.6 Å². The molecule has 0 atom stereocenters. The molecule has 0 unspecified atom stereocenters. The Morgan fingerprint density at radius 2 is 1.89 bits per heavy atom. The third-order valence-electron chi connectivity index (χ3n) is 3.18. The summed E-state index contributed by atoms with van der Waals surface area (Å²) in [5.41, 5.74) is -1.40. The maximum Gasteiger partial charge on any atom is 0.134 e. The summed E-state index contributed by atoms with van der Waals surface area (Å²) in [7, 11) is 0. The molecule has 0 radical (unpaired) electrons. The molecule has 18 heavy (non-hydrogen) atoms. The van der Waals surface area contributed by atoms with Gasteiger partial charge >= 0.3 is 0 Å². The first-order valence-electron chi connectivity index (χ1n) is 6.20. The highest BCUT2D eigenvalue weighted by molar-refractivity contribution is 6.29. The standard InChI is InChI=1S/C13H22ClN3O/c1-6-7-10-15-9(14)8-11(16-10)17-12(2,3)13(4,5)18/h8,18H,6-7H2,1-5H3,(H,15,16,17). The monoisotopic (exact) mass is 271 g/mol. The molecular weight excluding hydrogens is 250 g/mol. The number of rotatable bonds is 5. The van der Waals surface area contributed by atoms with E-state index in [-0.39, 0.29) is 0 Å². The molecule has 102 valence electrons. The van der Waals surface area contributed by atoms with Crippen molar-refractivity contribution in [1.29, 1.82) is 0 Å². The summed E-state index contributed by atoms with van der Waals surface area (Å²) in [6.45, 7) is 9.43. The molecule has 5 heteroatoms. The SMILES string of the molecule is CCCc1nc(Cl)cc(NC(C)(C)C(C)(C)O)n1. The van der Waals surface area contributed by atoms with E-state index in [0.29, 0.717) is 11.0 Å². The fourth-order valence-electron chi connectivity index (χ4n) is 1.34. The van der Waals surface area contributed by atoms with Crippen LogP contribution in [0.1, 0.15) is 46.9 Å². The maximum atomic E-state index is 10.1. The average molecular weight is 272 g/mol. The van der Waals surface area contributed by atoms with Gasteiger partial charge in [-0.1, -0.05) is 18.5 Å². The number of nitrogens with one attached hydrogen (secondary N) is 1. The molecule has 2 N–H and O–H groups in total. The normalized spacial score (nSPS) is 12.6. The Bertz CT molecular complexity index is 413. The smallest absolute Gasteiger partial charge is 0.134 e. The number of aliphatic hydroxyl groups is 1. The van der Waals surface area contributed by atoms with Crippen LogP contribution in [0, 0.1) is 0 Å². The molecule has 1 heterocycles. The van der Waals surface area contributed by atoms with Gasteiger partial charge in [0.15, 0.2) is 0 Å². The average Bonchev–Trinajstić information content (AvgIpc) is 2.13. The predicted octanol–water partition coefficient (Wildman–Crippen LogP) is 3.04. The number of aryl methyl sites for hydroxylation is 1. The molecule has 0 aliphatic rings. The van der Waals surface area contributed by atoms with Crippen LogP contribution in [-0.4, -0.2) is 26.2 Å². The number of hydrogen-bond acceptors (Lipinski definition) is 4. The van der Waals surface area contributed by atoms with Crippen LogP contribution in [0.15, 0.2) is 6.07 Å². The fraction of sp³-hybridized carbons (Fsp3) is 0.692. The first kappa shape index (κ1) is 15.2. The molecular formula is C13H22ClN3O. The highest BCUT2D eigenvalue weighted by atomic mass is 35.5. The Morgan fingerprint density at radius 1 is 1.28 bits per heavy atom. The molecule has 0 aliphatic carbocycles. The van der Waals surface area contributed by atoms with Crippen molar-refractivity contribution in [2.45, 2.75) is 58.6 Å². The number of halogens is 1. The minimum absolute atomic E-state index is 0.419. The quantitative estimate of drug-likeness (QED) is 0.808. The van der Waals surface area contributed by atoms with E-state index < -0.39 is 11.1 Å². The zero-order chi connectivity index (χ0) is 14.0. The lowest BCUT2D eigenvalue weighted by Crippen LogP contribution is -2.51. The van der Waals surface area contributed by atoms with Crippen molar-refractivity contribution < 1.29 is 5.11 Å². The van der Waals surface area contributed by atoms with Gasteiger partial charge in [0.05, 0.1) is 11.1 Å². The van der Waals surface area contributed by atoms with Crippen LogP contribution in [-0.2, 0) is 6.42 Å². The summed E-state index contributed by atoms with van der Waals surface area (Å²) in [5.74, 6) is 1.37. The predicted molar refractivity (Wildman–Crippen MR) is 75.0 cm³/mol. The van der Waals surface area contributed by atoms with Crippen LogP contribution < -0.4 is 5.32 Å². The van der Waals surface area contributed by atoms with E-state index in [1.807, 2.05) is 13.8 Å². The molecule has 0 aliphatic heterocycles. The summed E-state index contributed by atoms with van der Waals surface area (Å²) in [4.78, 5) is 8.57. The van der Waals surface area contributed by atoms with E-state index in [9.17, 15) is 5.11 Å². The van der Waals surface area contributed by atoms with Crippen molar-refractivity contribution in [3.63, 3.8) is 0 Å². The van der Waals surface area contributed by atoms with E-state index in [4.69, 9.17) is 11.6 Å². The summed E-state index contributed by atoms with van der Waals surface area (Å²) in [6, 6.07) is 1.67. The van der Waals surface area contributed by atoms with Crippen molar-refractivity contribution in [1.82, 2.24) is 9.97 Å². The Morgan fingerprint density at radius 3 is 2.39 bits per heavy atom. The van der Waals surface area contributed by atoms with E-state index in [1.165, 1.54) is 0 Å². The van der Waals surface area contributed by atoms with Crippen molar-refractivity contribution in [2.75, 3.05) is 5.32 Å². The second-order valence-electron chi connectivity index (χ2n) is 5.55. The molecule has 0 bridgehead atoms. The van der Waals surface area contributed by atoms with Gasteiger partial charge in [-0.3, -0.25) is 0 Å². The summed E-state index contributed by atoms with van der Waals surface area (Å²) < 4.78 is 0. The lowest BCUT2D eigenvalue weighted by Gasteiger charge is -2.38. The second-order valence-corrected chi connectivity index (χ2v) is 5.94. The molecule has 0 aromatic carbocycles. The fourth-order valence-corrected chi connectivity index (χ4v) is 1.54. The Labute approximate surface area is 114 Å². The number of hydrogen-bond donors (Lipinski definition) is 2. The van der Waals surface area contributed by atoms with Crippen LogP contribution in [0.5, 0.6) is 0 Å². The van der Waals surface area contributed by atoms with E-state index in [2.05, 4.69) is 22.2 Å². The lowest BCUT2D eigenvalue weighted by molar-refractivity contribution is 0.0238. The number of nitrogens with zero attached hydrogens (tertiary/aromatic N) is 2. The van der Waals surface area contributed by atoms with Gasteiger partial charge in [-0.15, -0.1) is 0 Å². The molecule has 0 saturated carbocycles. The molecule has 1 aromatic rings. The minimum Gasteiger partial charge on any atom is -0.388 e. The Kier molecular flexibility index (Phi) is 4.56. The van der Waals surface area contributed by atoms with Crippen LogP contribution in [0.4, 0.5) is 5.82 Å². The first-order chi connectivity index (χ1) is 8.15. The lowest BCUT2D eigenvalue weighted by atomic mass is 9.86. The molecule has 1 rings (SSSR count). The van der Waals surface area contributed by atoms with Gasteiger partial charge in [-0.2, -0.15) is 0 Å². The minimum atomic E-state index is -0.880. The summed E-state index contributed by atoms with van der Waals surface area (Å²) in [5, 5.41) is 13.7. The molecule has 0 fully saturated rings. The van der Waals surface area contributed by atoms with Gasteiger partial charge in [-0.25, -0.2) is 9.97 Å². The molecule has 0 saturated heterocycles. The van der Waals surface area contributed by atoms with E-state index in [0.717, 1.165) is 18.7 Å². The zero-order valence-electron chi connectivity index (χ0n) is 11.7. The van der Waals surface area contributed by atoms with Gasteiger partial charge in [0.1, 0.15) is 16.8 Å². The Hall–Kier alpha value is -0.870. The van der Waals surface area contributed by atoms with Crippen molar-refractivity contribution >= 4 is 17.4 Å². The topological polar surface area (TPSA) is 58.0 Å². The Balaban J connectivity index is 2.97. The van der Waals surface area contributed by atoms with Gasteiger partial charge < -0.3 is 10.4 Å². The number of anilines is 1. The highest BCUT2D eigenvalue weighted by Crippen LogP contribution is 2.26. The van der Waals surface area contributed by atoms with Crippen LogP contribution in [0.25, 0.3) is 0 Å². The van der Waals surface area contributed by atoms with Crippen molar-refractivity contribution in [2.24, 2.45) is 0 Å². The van der Waals surface area contributed by atoms with Crippen LogP contribution in [0.2, 0.25) is 5.15 Å². The van der Waals surface area contributed by atoms with Crippen LogP contribution in [0.3, 0.4) is 0 Å². The first-order valence-corrected chi connectivity index (χ1v) is 6.57. The maximum absolute atomic E-state index is 10.1. The number of aromatic nitrogens is 2. The van der Waals surface area contributed by atoms with Crippen molar-refractivity contribution in [3.05, 3.63) is 17.0 Å². The molecule has 4 nitrogen and oxygen atoms in total. The summed E-state index contributed by atoms with van der Waals surface area (Å²) >= 11 is 5.98. The van der Waals surface area contributed by atoms with Crippen molar-refractivity contribution in [3.8, 4) is 0 Å². The third-order valence-corrected chi connectivity index (χ3v) is 3.38. The van der Waals surface area contributed by atoms with Gasteiger partial charge in [0, 0.05) is 12.5 Å². The van der Waals surface area contributed by atoms with E-state index in [1.54, 1.807) is 19.9 Å². The highest BCUT2D eigenvalue weighted by Gasteiger charge is 2.35. The zero-order valence-corrected chi connectivity index (χ0v) is 12.5. The van der Waals surface area contributed by atoms with Gasteiger partial charge in [-0.05, 0) is 34.1 Å². The molecule has 1 aromatic heterocycles. The second kappa shape index (κ2) is 5.41. The van der Waals surface area contributed by atoms with E-state index >= 15 is 0 Å². The molecule has 0 amide bonds.